The highest BCUT2D eigenvalue weighted by molar-refractivity contribution is 6.30. The van der Waals surface area contributed by atoms with Crippen LogP contribution < -0.4 is 15.0 Å². The van der Waals surface area contributed by atoms with Crippen LogP contribution in [0.25, 0.3) is 0 Å². The predicted molar refractivity (Wildman–Crippen MR) is 113 cm³/mol. The van der Waals surface area contributed by atoms with Gasteiger partial charge in [-0.3, -0.25) is 9.59 Å². The number of rotatable bonds is 8. The van der Waals surface area contributed by atoms with Gasteiger partial charge in [-0.25, -0.2) is 9.69 Å². The summed E-state index contributed by atoms with van der Waals surface area (Å²) in [4.78, 5) is 41.0. The predicted octanol–water partition coefficient (Wildman–Crippen LogP) is 3.16. The van der Waals surface area contributed by atoms with Crippen LogP contribution in [0, 0.1) is 0 Å². The standard InChI is InChI=1S/C21H22ClN3O5/c1-29-12-11-24-18(13-19(26)23-15-5-3-14(22)4-6-15)20(27)25(21(24)28)16-7-9-17(30-2)10-8-16/h3-10,18H,11-13H2,1-2H3,(H,23,26). The van der Waals surface area contributed by atoms with Crippen molar-refractivity contribution in [1.29, 1.82) is 0 Å². The Kier molecular flexibility index (Phi) is 6.91. The lowest BCUT2D eigenvalue weighted by molar-refractivity contribution is -0.124. The summed E-state index contributed by atoms with van der Waals surface area (Å²) >= 11 is 5.86. The van der Waals surface area contributed by atoms with Crippen LogP contribution in [0.4, 0.5) is 16.2 Å². The lowest BCUT2D eigenvalue weighted by Gasteiger charge is -2.21. The summed E-state index contributed by atoms with van der Waals surface area (Å²) in [5, 5.41) is 3.27. The van der Waals surface area contributed by atoms with Crippen molar-refractivity contribution in [1.82, 2.24) is 4.90 Å². The number of halogens is 1. The maximum Gasteiger partial charge on any atom is 0.332 e. The van der Waals surface area contributed by atoms with E-state index in [4.69, 9.17) is 21.1 Å². The van der Waals surface area contributed by atoms with Gasteiger partial charge in [0.05, 0.1) is 25.8 Å². The number of benzene rings is 2. The summed E-state index contributed by atoms with van der Waals surface area (Å²) < 4.78 is 10.2. The van der Waals surface area contributed by atoms with Crippen LogP contribution in [-0.4, -0.2) is 56.2 Å². The summed E-state index contributed by atoms with van der Waals surface area (Å²) in [6.45, 7) is 0.428. The molecule has 0 aromatic heterocycles. The van der Waals surface area contributed by atoms with Gasteiger partial charge in [0.15, 0.2) is 0 Å². The highest BCUT2D eigenvalue weighted by Crippen LogP contribution is 2.28. The molecule has 1 aliphatic heterocycles. The molecule has 0 spiro atoms. The van der Waals surface area contributed by atoms with Crippen LogP contribution >= 0.6 is 11.6 Å². The van der Waals surface area contributed by atoms with Crippen LogP contribution in [0.15, 0.2) is 48.5 Å². The highest BCUT2D eigenvalue weighted by Gasteiger charge is 2.46. The fourth-order valence-corrected chi connectivity index (χ4v) is 3.29. The number of anilines is 2. The molecule has 4 amide bonds. The Bertz CT molecular complexity index is 917. The zero-order valence-corrected chi connectivity index (χ0v) is 17.4. The number of hydrogen-bond acceptors (Lipinski definition) is 5. The van der Waals surface area contributed by atoms with E-state index in [9.17, 15) is 14.4 Å². The molecule has 0 bridgehead atoms. The number of nitrogens with zero attached hydrogens (tertiary/aromatic N) is 2. The fourth-order valence-electron chi connectivity index (χ4n) is 3.17. The Hall–Kier alpha value is -3.10. The van der Waals surface area contributed by atoms with E-state index in [1.54, 1.807) is 48.5 Å². The van der Waals surface area contributed by atoms with Crippen molar-refractivity contribution >= 4 is 40.8 Å². The van der Waals surface area contributed by atoms with Crippen molar-refractivity contribution in [2.75, 3.05) is 37.6 Å². The number of carbonyl (C=O) groups is 3. The van der Waals surface area contributed by atoms with E-state index in [1.165, 1.54) is 19.1 Å². The first-order valence-electron chi connectivity index (χ1n) is 9.27. The van der Waals surface area contributed by atoms with E-state index in [-0.39, 0.29) is 25.5 Å². The zero-order valence-electron chi connectivity index (χ0n) is 16.6. The van der Waals surface area contributed by atoms with E-state index in [1.807, 2.05) is 0 Å². The minimum atomic E-state index is -0.929. The van der Waals surface area contributed by atoms with Crippen LogP contribution in [0.1, 0.15) is 6.42 Å². The van der Waals surface area contributed by atoms with Gasteiger partial charge in [-0.2, -0.15) is 0 Å². The first-order valence-corrected chi connectivity index (χ1v) is 9.65. The number of ether oxygens (including phenoxy) is 2. The minimum absolute atomic E-state index is 0.177. The van der Waals surface area contributed by atoms with Crippen molar-refractivity contribution in [3.8, 4) is 5.75 Å². The average molecular weight is 432 g/mol. The Morgan fingerprint density at radius 1 is 1.07 bits per heavy atom. The van der Waals surface area contributed by atoms with E-state index >= 15 is 0 Å². The van der Waals surface area contributed by atoms with Gasteiger partial charge in [-0.15, -0.1) is 0 Å². The van der Waals surface area contributed by atoms with E-state index in [2.05, 4.69) is 5.32 Å². The molecule has 1 fully saturated rings. The number of carbonyl (C=O) groups excluding carboxylic acids is 3. The molecule has 3 rings (SSSR count). The Morgan fingerprint density at radius 3 is 2.33 bits per heavy atom. The van der Waals surface area contributed by atoms with Gasteiger partial charge in [0.25, 0.3) is 5.91 Å². The molecular formula is C21H22ClN3O5. The number of nitrogens with one attached hydrogen (secondary N) is 1. The molecule has 2 aromatic carbocycles. The molecular weight excluding hydrogens is 410 g/mol. The quantitative estimate of drug-likeness (QED) is 0.648. The molecule has 2 aromatic rings. The minimum Gasteiger partial charge on any atom is -0.497 e. The number of urea groups is 1. The largest absolute Gasteiger partial charge is 0.497 e. The summed E-state index contributed by atoms with van der Waals surface area (Å²) in [6, 6.07) is 11.8. The van der Waals surface area contributed by atoms with Crippen LogP contribution in [0.2, 0.25) is 5.02 Å². The molecule has 30 heavy (non-hydrogen) atoms. The molecule has 0 saturated carbocycles. The normalized spacial score (nSPS) is 16.2. The molecule has 0 radical (unpaired) electrons. The maximum absolute atomic E-state index is 13.1. The van der Waals surface area contributed by atoms with Crippen molar-refractivity contribution in [2.24, 2.45) is 0 Å². The van der Waals surface area contributed by atoms with Crippen molar-refractivity contribution in [2.45, 2.75) is 12.5 Å². The Labute approximate surface area is 179 Å². The van der Waals surface area contributed by atoms with Crippen LogP contribution in [0.5, 0.6) is 5.75 Å². The third-order valence-corrected chi connectivity index (χ3v) is 4.94. The molecule has 1 unspecified atom stereocenters. The van der Waals surface area contributed by atoms with Gasteiger partial charge < -0.3 is 19.7 Å². The summed E-state index contributed by atoms with van der Waals surface area (Å²) in [7, 11) is 3.04. The summed E-state index contributed by atoms with van der Waals surface area (Å²) in [5.41, 5.74) is 0.963. The zero-order chi connectivity index (χ0) is 21.7. The molecule has 158 valence electrons. The van der Waals surface area contributed by atoms with Crippen molar-refractivity contribution in [3.63, 3.8) is 0 Å². The lowest BCUT2D eigenvalue weighted by atomic mass is 10.1. The number of amides is 4. The first-order chi connectivity index (χ1) is 14.4. The third-order valence-electron chi connectivity index (χ3n) is 4.69. The van der Waals surface area contributed by atoms with Gasteiger partial charge in [0.1, 0.15) is 11.8 Å². The number of hydrogen-bond donors (Lipinski definition) is 1. The third kappa shape index (κ3) is 4.72. The van der Waals surface area contributed by atoms with Crippen LogP contribution in [-0.2, 0) is 14.3 Å². The molecule has 1 heterocycles. The lowest BCUT2D eigenvalue weighted by Crippen LogP contribution is -2.39. The van der Waals surface area contributed by atoms with Gasteiger partial charge in [-0.1, -0.05) is 11.6 Å². The SMILES string of the molecule is COCCN1C(=O)N(c2ccc(OC)cc2)C(=O)C1CC(=O)Nc1ccc(Cl)cc1. The van der Waals surface area contributed by atoms with E-state index in [0.717, 1.165) is 4.90 Å². The van der Waals surface area contributed by atoms with Crippen LogP contribution in [0.3, 0.4) is 0 Å². The summed E-state index contributed by atoms with van der Waals surface area (Å²) in [5.74, 6) is -0.247. The molecule has 1 aliphatic rings. The van der Waals surface area contributed by atoms with Crippen molar-refractivity contribution < 1.29 is 23.9 Å². The average Bonchev–Trinajstić information content (AvgIpc) is 2.97. The molecule has 0 aliphatic carbocycles. The smallest absolute Gasteiger partial charge is 0.332 e. The Balaban J connectivity index is 1.79. The second kappa shape index (κ2) is 9.60. The second-order valence-electron chi connectivity index (χ2n) is 6.62. The molecule has 8 nitrogen and oxygen atoms in total. The van der Waals surface area contributed by atoms with Gasteiger partial charge in [0.2, 0.25) is 5.91 Å². The molecule has 1 N–H and O–H groups in total. The fraction of sp³-hybridized carbons (Fsp3) is 0.286. The Morgan fingerprint density at radius 2 is 1.73 bits per heavy atom. The first kappa shape index (κ1) is 21.6. The van der Waals surface area contributed by atoms with Gasteiger partial charge in [0, 0.05) is 24.4 Å². The van der Waals surface area contributed by atoms with E-state index in [0.29, 0.717) is 22.1 Å². The molecule has 9 heteroatoms. The maximum atomic E-state index is 13.1. The van der Waals surface area contributed by atoms with Gasteiger partial charge in [-0.05, 0) is 48.5 Å². The van der Waals surface area contributed by atoms with Gasteiger partial charge >= 0.3 is 6.03 Å². The molecule has 1 saturated heterocycles. The van der Waals surface area contributed by atoms with Crippen molar-refractivity contribution in [3.05, 3.63) is 53.6 Å². The summed E-state index contributed by atoms with van der Waals surface area (Å²) in [6.07, 6.45) is -0.177. The number of methoxy groups -OCH3 is 2. The molecule has 1 atom stereocenters. The topological polar surface area (TPSA) is 88.2 Å². The second-order valence-corrected chi connectivity index (χ2v) is 7.05. The van der Waals surface area contributed by atoms with E-state index < -0.39 is 18.0 Å². The monoisotopic (exact) mass is 431 g/mol. The highest BCUT2D eigenvalue weighted by atomic mass is 35.5. The number of imide groups is 1.